The van der Waals surface area contributed by atoms with Crippen molar-refractivity contribution in [3.63, 3.8) is 0 Å². The van der Waals surface area contributed by atoms with E-state index in [2.05, 4.69) is 16.0 Å². The standard InChI is InChI=1S/C39H30N3O10P/c43-31-7-1-4-28(34(31)46)37(49)40-22-10-16-25(17-11-22)53(52,26-18-12-23(13-19-26)41-38(50)29-5-2-8-32(44)35(29)47)27-20-14-24(15-21-27)42-39(51)30-6-3-9-33(45)36(30)48/h1-21,43-48H,(H,40,49)(H,41,50)(H,42,51). The number of nitrogens with one attached hydrogen (secondary N) is 3. The van der Waals surface area contributed by atoms with Crippen LogP contribution in [0.4, 0.5) is 17.1 Å². The Morgan fingerprint density at radius 1 is 0.377 bits per heavy atom. The molecule has 6 rings (SSSR count). The van der Waals surface area contributed by atoms with E-state index in [1.165, 1.54) is 91.0 Å². The quantitative estimate of drug-likeness (QED) is 0.0688. The van der Waals surface area contributed by atoms with E-state index in [0.717, 1.165) is 0 Å². The summed E-state index contributed by atoms with van der Waals surface area (Å²) in [5, 5.41) is 68.6. The van der Waals surface area contributed by atoms with Crippen LogP contribution in [0.5, 0.6) is 34.5 Å². The van der Waals surface area contributed by atoms with Gasteiger partial charge < -0.3 is 51.2 Å². The highest BCUT2D eigenvalue weighted by atomic mass is 31.2. The summed E-state index contributed by atoms with van der Waals surface area (Å²) in [6.07, 6.45) is 0. The monoisotopic (exact) mass is 731 g/mol. The minimum absolute atomic E-state index is 0.155. The number of carbonyl (C=O) groups is 3. The Bertz CT molecular complexity index is 2150. The molecule has 0 heterocycles. The Labute approximate surface area is 301 Å². The molecule has 0 saturated heterocycles. The molecule has 0 bridgehead atoms. The van der Waals surface area contributed by atoms with Crippen LogP contribution in [0.25, 0.3) is 0 Å². The van der Waals surface area contributed by atoms with Crippen molar-refractivity contribution in [3.05, 3.63) is 144 Å². The SMILES string of the molecule is O=C(Nc1ccc(P(=O)(c2ccc(NC(=O)c3cccc(O)c3O)cc2)c2ccc(NC(=O)c3cccc(O)c3O)cc2)cc1)c1cccc(O)c1O. The van der Waals surface area contributed by atoms with Crippen molar-refractivity contribution in [1.82, 2.24) is 0 Å². The molecule has 0 unspecified atom stereocenters. The molecule has 3 amide bonds. The molecular weight excluding hydrogens is 701 g/mol. The van der Waals surface area contributed by atoms with Gasteiger partial charge in [0.2, 0.25) is 0 Å². The number of hydrogen-bond acceptors (Lipinski definition) is 10. The lowest BCUT2D eigenvalue weighted by Crippen LogP contribution is -2.25. The topological polar surface area (TPSA) is 226 Å². The molecule has 0 radical (unpaired) electrons. The highest BCUT2D eigenvalue weighted by molar-refractivity contribution is 7.85. The van der Waals surface area contributed by atoms with Crippen LogP contribution in [-0.2, 0) is 4.57 Å². The number of benzene rings is 6. The molecule has 0 aliphatic rings. The number of para-hydroxylation sites is 3. The van der Waals surface area contributed by atoms with Crippen molar-refractivity contribution in [3.8, 4) is 34.5 Å². The van der Waals surface area contributed by atoms with Gasteiger partial charge in [-0.05, 0) is 109 Å². The van der Waals surface area contributed by atoms with Gasteiger partial charge in [-0.15, -0.1) is 0 Å². The normalized spacial score (nSPS) is 11.0. The van der Waals surface area contributed by atoms with Gasteiger partial charge in [-0.1, -0.05) is 18.2 Å². The van der Waals surface area contributed by atoms with Gasteiger partial charge in [-0.25, -0.2) is 0 Å². The predicted molar refractivity (Wildman–Crippen MR) is 199 cm³/mol. The van der Waals surface area contributed by atoms with E-state index < -0.39 is 59.4 Å². The largest absolute Gasteiger partial charge is 0.504 e. The fourth-order valence-corrected chi connectivity index (χ4v) is 8.05. The smallest absolute Gasteiger partial charge is 0.259 e. The molecule has 6 aromatic carbocycles. The van der Waals surface area contributed by atoms with Crippen LogP contribution in [0.1, 0.15) is 31.1 Å². The lowest BCUT2D eigenvalue weighted by molar-refractivity contribution is 0.101. The Morgan fingerprint density at radius 2 is 0.623 bits per heavy atom. The first-order valence-corrected chi connectivity index (χ1v) is 17.5. The van der Waals surface area contributed by atoms with Crippen molar-refractivity contribution < 1.29 is 49.6 Å². The zero-order valence-corrected chi connectivity index (χ0v) is 28.3. The third kappa shape index (κ3) is 7.18. The van der Waals surface area contributed by atoms with Crippen LogP contribution < -0.4 is 31.9 Å². The van der Waals surface area contributed by atoms with Crippen molar-refractivity contribution in [2.24, 2.45) is 0 Å². The first-order valence-electron chi connectivity index (χ1n) is 15.8. The number of phenolic OH excluding ortho intramolecular Hbond substituents is 6. The Balaban J connectivity index is 1.31. The second-order valence-electron chi connectivity index (χ2n) is 11.6. The van der Waals surface area contributed by atoms with Crippen LogP contribution in [0.15, 0.2) is 127 Å². The summed E-state index contributed by atoms with van der Waals surface area (Å²) in [4.78, 5) is 38.5. The van der Waals surface area contributed by atoms with Gasteiger partial charge in [0.05, 0.1) is 16.7 Å². The average Bonchev–Trinajstić information content (AvgIpc) is 3.15. The molecular formula is C39H30N3O10P. The van der Waals surface area contributed by atoms with Crippen LogP contribution in [0.3, 0.4) is 0 Å². The van der Waals surface area contributed by atoms with E-state index in [9.17, 15) is 45.0 Å². The van der Waals surface area contributed by atoms with Gasteiger partial charge in [0, 0.05) is 33.0 Å². The van der Waals surface area contributed by atoms with Crippen LogP contribution in [0.2, 0.25) is 0 Å². The number of amides is 3. The Morgan fingerprint density at radius 3 is 0.868 bits per heavy atom. The lowest BCUT2D eigenvalue weighted by atomic mass is 10.1. The first-order chi connectivity index (χ1) is 25.4. The minimum Gasteiger partial charge on any atom is -0.504 e. The molecule has 9 N–H and O–H groups in total. The summed E-state index contributed by atoms with van der Waals surface area (Å²) in [6.45, 7) is 0. The lowest BCUT2D eigenvalue weighted by Gasteiger charge is -2.21. The van der Waals surface area contributed by atoms with E-state index in [4.69, 9.17) is 0 Å². The molecule has 13 nitrogen and oxygen atoms in total. The van der Waals surface area contributed by atoms with Gasteiger partial charge in [-0.2, -0.15) is 0 Å². The zero-order valence-electron chi connectivity index (χ0n) is 27.4. The maximum atomic E-state index is 15.3. The number of anilines is 3. The molecule has 53 heavy (non-hydrogen) atoms. The predicted octanol–water partition coefficient (Wildman–Crippen LogP) is 5.32. The zero-order chi connectivity index (χ0) is 37.9. The van der Waals surface area contributed by atoms with E-state index >= 15 is 4.57 Å². The molecule has 0 aromatic heterocycles. The van der Waals surface area contributed by atoms with Crippen molar-refractivity contribution >= 4 is 57.8 Å². The van der Waals surface area contributed by atoms with Crippen molar-refractivity contribution in [1.29, 1.82) is 0 Å². The van der Waals surface area contributed by atoms with Crippen LogP contribution in [0, 0.1) is 0 Å². The highest BCUT2D eigenvalue weighted by Gasteiger charge is 2.30. The minimum atomic E-state index is -3.71. The molecule has 0 aliphatic carbocycles. The fourth-order valence-electron chi connectivity index (χ4n) is 5.45. The third-order valence-corrected chi connectivity index (χ3v) is 11.3. The molecule has 0 spiro atoms. The molecule has 0 fully saturated rings. The van der Waals surface area contributed by atoms with Gasteiger partial charge in [0.25, 0.3) is 17.7 Å². The fraction of sp³-hybridized carbons (Fsp3) is 0. The second kappa shape index (κ2) is 14.5. The van der Waals surface area contributed by atoms with E-state index in [0.29, 0.717) is 33.0 Å². The summed E-state index contributed by atoms with van der Waals surface area (Å²) in [5.74, 6) is -5.19. The molecule has 266 valence electrons. The molecule has 6 aromatic rings. The summed E-state index contributed by atoms with van der Waals surface area (Å²) in [6, 6.07) is 30.4. The Hall–Kier alpha value is -7.24. The maximum absolute atomic E-state index is 15.3. The van der Waals surface area contributed by atoms with Crippen LogP contribution in [-0.4, -0.2) is 48.4 Å². The van der Waals surface area contributed by atoms with Gasteiger partial charge in [-0.3, -0.25) is 14.4 Å². The summed E-state index contributed by atoms with van der Waals surface area (Å²) < 4.78 is 15.3. The summed E-state index contributed by atoms with van der Waals surface area (Å²) in [7, 11) is -3.71. The molecule has 0 aliphatic heterocycles. The van der Waals surface area contributed by atoms with Gasteiger partial charge in [0.15, 0.2) is 41.6 Å². The first kappa shape index (κ1) is 35.6. The van der Waals surface area contributed by atoms with E-state index in [-0.39, 0.29) is 16.7 Å². The maximum Gasteiger partial charge on any atom is 0.259 e. The molecule has 14 heteroatoms. The summed E-state index contributed by atoms with van der Waals surface area (Å²) in [5.41, 5.74) is 0.437. The average molecular weight is 732 g/mol. The molecule has 0 saturated carbocycles. The van der Waals surface area contributed by atoms with Gasteiger partial charge in [0.1, 0.15) is 0 Å². The van der Waals surface area contributed by atoms with Crippen molar-refractivity contribution in [2.45, 2.75) is 0 Å². The Kier molecular flexibility index (Phi) is 9.77. The van der Waals surface area contributed by atoms with E-state index in [1.807, 2.05) is 0 Å². The number of phenols is 6. The van der Waals surface area contributed by atoms with Crippen molar-refractivity contribution in [2.75, 3.05) is 16.0 Å². The number of carbonyl (C=O) groups excluding carboxylic acids is 3. The van der Waals surface area contributed by atoms with Crippen LogP contribution >= 0.6 is 7.14 Å². The van der Waals surface area contributed by atoms with Gasteiger partial charge >= 0.3 is 0 Å². The number of aromatic hydroxyl groups is 6. The summed E-state index contributed by atoms with van der Waals surface area (Å²) >= 11 is 0. The molecule has 0 atom stereocenters. The second-order valence-corrected chi connectivity index (χ2v) is 14.4. The highest BCUT2D eigenvalue weighted by Crippen LogP contribution is 2.43. The number of hydrogen-bond donors (Lipinski definition) is 9. The van der Waals surface area contributed by atoms with E-state index in [1.54, 1.807) is 36.4 Å². The number of rotatable bonds is 9. The third-order valence-electron chi connectivity index (χ3n) is 8.24.